The smallest absolute Gasteiger partial charge is 0.238 e. The lowest BCUT2D eigenvalue weighted by atomic mass is 9.69. The third-order valence-corrected chi connectivity index (χ3v) is 8.18. The van der Waals surface area contributed by atoms with Crippen LogP contribution >= 0.6 is 0 Å². The second-order valence-electron chi connectivity index (χ2n) is 7.91. The second kappa shape index (κ2) is 3.99. The van der Waals surface area contributed by atoms with E-state index in [0.29, 0.717) is 12.3 Å². The number of nitrogens with zero attached hydrogens (tertiary/aromatic N) is 1. The molecule has 114 valence electrons. The van der Waals surface area contributed by atoms with Gasteiger partial charge >= 0.3 is 0 Å². The van der Waals surface area contributed by atoms with E-state index in [0.717, 1.165) is 19.3 Å². The van der Waals surface area contributed by atoms with Gasteiger partial charge in [0.25, 0.3) is 0 Å². The van der Waals surface area contributed by atoms with Crippen LogP contribution in [0.15, 0.2) is 0 Å². The summed E-state index contributed by atoms with van der Waals surface area (Å²) in [6.07, 6.45) is 3.28. The van der Waals surface area contributed by atoms with E-state index in [1.165, 1.54) is 4.31 Å². The van der Waals surface area contributed by atoms with Crippen LogP contribution in [0.25, 0.3) is 0 Å². The fourth-order valence-electron chi connectivity index (χ4n) is 5.06. The van der Waals surface area contributed by atoms with Crippen molar-refractivity contribution in [3.05, 3.63) is 0 Å². The number of rotatable bonds is 2. The van der Waals surface area contributed by atoms with Gasteiger partial charge in [-0.2, -0.15) is 0 Å². The highest BCUT2D eigenvalue weighted by molar-refractivity contribution is 7.90. The second-order valence-corrected chi connectivity index (χ2v) is 9.75. The van der Waals surface area contributed by atoms with Gasteiger partial charge in [0.1, 0.15) is 0 Å². The van der Waals surface area contributed by atoms with Crippen molar-refractivity contribution in [3.8, 4) is 0 Å². The summed E-state index contributed by atoms with van der Waals surface area (Å²) < 4.78 is 26.4. The highest BCUT2D eigenvalue weighted by atomic mass is 32.2. The van der Waals surface area contributed by atoms with Gasteiger partial charge in [0.2, 0.25) is 15.9 Å². The molecule has 1 spiro atoms. The summed E-state index contributed by atoms with van der Waals surface area (Å²) in [5.74, 6) is 0.751. The van der Waals surface area contributed by atoms with E-state index in [9.17, 15) is 13.2 Å². The first-order chi connectivity index (χ1) is 9.12. The Morgan fingerprint density at radius 2 is 2.00 bits per heavy atom. The van der Waals surface area contributed by atoms with E-state index in [4.69, 9.17) is 0 Å². The Labute approximate surface area is 122 Å². The first kappa shape index (κ1) is 14.4. The van der Waals surface area contributed by atoms with Crippen molar-refractivity contribution in [1.82, 2.24) is 4.31 Å². The van der Waals surface area contributed by atoms with E-state index in [1.54, 1.807) is 0 Å². The van der Waals surface area contributed by atoms with Crippen molar-refractivity contribution in [2.75, 3.05) is 5.75 Å². The molecular formula is C15H25NO3S. The Morgan fingerprint density at radius 3 is 2.55 bits per heavy atom. The summed E-state index contributed by atoms with van der Waals surface area (Å²) >= 11 is 0. The molecule has 0 aromatic heterocycles. The van der Waals surface area contributed by atoms with Crippen molar-refractivity contribution >= 4 is 15.9 Å². The molecule has 0 aromatic carbocycles. The van der Waals surface area contributed by atoms with E-state index in [1.807, 2.05) is 13.8 Å². The Bertz CT molecular complexity index is 551. The molecule has 3 fully saturated rings. The number of hydrogen-bond acceptors (Lipinski definition) is 3. The SMILES string of the molecule is CC(C)CC(=O)N1C2CC3CCC2(CS1(=O)=O)C3(C)C. The van der Waals surface area contributed by atoms with Gasteiger partial charge < -0.3 is 0 Å². The van der Waals surface area contributed by atoms with E-state index in [-0.39, 0.29) is 34.4 Å². The third-order valence-electron chi connectivity index (χ3n) is 6.24. The summed E-state index contributed by atoms with van der Waals surface area (Å²) in [4.78, 5) is 12.4. The lowest BCUT2D eigenvalue weighted by molar-refractivity contribution is -0.129. The molecule has 5 heteroatoms. The van der Waals surface area contributed by atoms with Crippen LogP contribution in [0.3, 0.4) is 0 Å². The molecule has 1 aliphatic heterocycles. The summed E-state index contributed by atoms with van der Waals surface area (Å²) in [5.41, 5.74) is -0.152. The van der Waals surface area contributed by atoms with Gasteiger partial charge in [-0.25, -0.2) is 12.7 Å². The molecule has 3 rings (SSSR count). The number of amides is 1. The van der Waals surface area contributed by atoms with Crippen LogP contribution in [-0.4, -0.2) is 30.4 Å². The molecule has 3 aliphatic rings. The molecule has 3 atom stereocenters. The van der Waals surface area contributed by atoms with E-state index in [2.05, 4.69) is 13.8 Å². The number of carbonyl (C=O) groups excluding carboxylic acids is 1. The minimum atomic E-state index is -3.42. The van der Waals surface area contributed by atoms with Gasteiger partial charge in [-0.05, 0) is 36.5 Å². The van der Waals surface area contributed by atoms with Gasteiger partial charge in [0, 0.05) is 11.8 Å². The fourth-order valence-corrected chi connectivity index (χ4v) is 7.62. The zero-order valence-electron chi connectivity index (χ0n) is 12.8. The first-order valence-electron chi connectivity index (χ1n) is 7.67. The van der Waals surface area contributed by atoms with Crippen LogP contribution < -0.4 is 0 Å². The van der Waals surface area contributed by atoms with Crippen LogP contribution in [0.5, 0.6) is 0 Å². The number of sulfonamides is 1. The van der Waals surface area contributed by atoms with Crippen LogP contribution in [0.2, 0.25) is 0 Å². The highest BCUT2D eigenvalue weighted by Crippen LogP contribution is 2.70. The van der Waals surface area contributed by atoms with Crippen molar-refractivity contribution in [2.45, 2.75) is 59.4 Å². The Morgan fingerprint density at radius 1 is 1.35 bits per heavy atom. The van der Waals surface area contributed by atoms with Crippen molar-refractivity contribution in [2.24, 2.45) is 22.7 Å². The zero-order valence-corrected chi connectivity index (χ0v) is 13.7. The first-order valence-corrected chi connectivity index (χ1v) is 9.28. The predicted molar refractivity (Wildman–Crippen MR) is 77.4 cm³/mol. The van der Waals surface area contributed by atoms with Gasteiger partial charge in [-0.3, -0.25) is 4.79 Å². The average Bonchev–Trinajstić information content (AvgIpc) is 2.73. The maximum Gasteiger partial charge on any atom is 0.238 e. The molecule has 0 N–H and O–H groups in total. The summed E-state index contributed by atoms with van der Waals surface area (Å²) in [5, 5.41) is 0. The predicted octanol–water partition coefficient (Wildman–Crippen LogP) is 2.40. The molecular weight excluding hydrogens is 274 g/mol. The molecule has 20 heavy (non-hydrogen) atoms. The quantitative estimate of drug-likeness (QED) is 0.787. The lowest BCUT2D eigenvalue weighted by Gasteiger charge is -2.37. The van der Waals surface area contributed by atoms with Crippen molar-refractivity contribution in [3.63, 3.8) is 0 Å². The monoisotopic (exact) mass is 299 g/mol. The van der Waals surface area contributed by atoms with Gasteiger partial charge in [-0.15, -0.1) is 0 Å². The number of carbonyl (C=O) groups is 1. The average molecular weight is 299 g/mol. The molecule has 1 amide bonds. The summed E-state index contributed by atoms with van der Waals surface area (Å²) in [6, 6.07) is -0.0764. The molecule has 0 radical (unpaired) electrons. The Kier molecular flexibility index (Phi) is 2.87. The van der Waals surface area contributed by atoms with Crippen molar-refractivity contribution in [1.29, 1.82) is 0 Å². The molecule has 3 unspecified atom stereocenters. The van der Waals surface area contributed by atoms with Gasteiger partial charge in [-0.1, -0.05) is 27.7 Å². The highest BCUT2D eigenvalue weighted by Gasteiger charge is 2.72. The number of hydrogen-bond donors (Lipinski definition) is 0. The minimum absolute atomic E-state index is 0.0393. The molecule has 2 aliphatic carbocycles. The molecule has 4 nitrogen and oxygen atoms in total. The van der Waals surface area contributed by atoms with Gasteiger partial charge in [0.05, 0.1) is 11.8 Å². The largest absolute Gasteiger partial charge is 0.274 e. The van der Waals surface area contributed by atoms with Crippen LogP contribution in [-0.2, 0) is 14.8 Å². The topological polar surface area (TPSA) is 54.5 Å². The lowest BCUT2D eigenvalue weighted by Crippen LogP contribution is -2.44. The normalized spacial score (nSPS) is 40.4. The van der Waals surface area contributed by atoms with Crippen LogP contribution in [0.1, 0.15) is 53.4 Å². The summed E-state index contributed by atoms with van der Waals surface area (Å²) in [6.45, 7) is 8.33. The van der Waals surface area contributed by atoms with E-state index >= 15 is 0 Å². The maximum atomic E-state index is 12.6. The maximum absolute atomic E-state index is 12.6. The van der Waals surface area contributed by atoms with Crippen LogP contribution in [0.4, 0.5) is 0 Å². The molecule has 1 heterocycles. The Hall–Kier alpha value is -0.580. The molecule has 2 saturated carbocycles. The van der Waals surface area contributed by atoms with Gasteiger partial charge in [0.15, 0.2) is 0 Å². The number of fused-ring (bicyclic) bond motifs is 1. The van der Waals surface area contributed by atoms with E-state index < -0.39 is 10.0 Å². The van der Waals surface area contributed by atoms with Crippen LogP contribution in [0, 0.1) is 22.7 Å². The Balaban J connectivity index is 2.00. The third kappa shape index (κ3) is 1.59. The fraction of sp³-hybridized carbons (Fsp3) is 0.933. The molecule has 1 saturated heterocycles. The minimum Gasteiger partial charge on any atom is -0.274 e. The molecule has 0 aromatic rings. The zero-order chi connectivity index (χ0) is 14.9. The standard InChI is InChI=1S/C15H25NO3S/c1-10(2)7-13(17)16-12-8-11-5-6-15(12,14(11,3)4)9-20(16,18)19/h10-12H,5-9H2,1-4H3. The van der Waals surface area contributed by atoms with Crippen molar-refractivity contribution < 1.29 is 13.2 Å². The molecule has 2 bridgehead atoms. The summed E-state index contributed by atoms with van der Waals surface area (Å²) in [7, 11) is -3.42.